The van der Waals surface area contributed by atoms with Crippen LogP contribution in [0.15, 0.2) is 0 Å². The highest BCUT2D eigenvalue weighted by Crippen LogP contribution is 2.28. The van der Waals surface area contributed by atoms with E-state index >= 15 is 0 Å². The van der Waals surface area contributed by atoms with Gasteiger partial charge in [-0.3, -0.25) is 0 Å². The number of aromatic nitrogens is 2. The maximum absolute atomic E-state index is 12.2. The zero-order valence-electron chi connectivity index (χ0n) is 8.51. The van der Waals surface area contributed by atoms with Crippen LogP contribution in [0, 0.1) is 0 Å². The molecule has 92 valence electrons. The first-order valence-electron chi connectivity index (χ1n) is 4.72. The SMILES string of the molecule is CCC(Br)CCNc1nc(C(F)(F)F)ns1. The number of nitrogens with one attached hydrogen (secondary N) is 1. The number of halogens is 4. The fourth-order valence-electron chi connectivity index (χ4n) is 0.950. The summed E-state index contributed by atoms with van der Waals surface area (Å²) in [6, 6.07) is 0. The molecule has 0 saturated carbocycles. The van der Waals surface area contributed by atoms with E-state index in [9.17, 15) is 13.2 Å². The van der Waals surface area contributed by atoms with Crippen molar-refractivity contribution < 1.29 is 13.2 Å². The highest BCUT2D eigenvalue weighted by atomic mass is 79.9. The van der Waals surface area contributed by atoms with Crippen molar-refractivity contribution in [3.05, 3.63) is 5.82 Å². The summed E-state index contributed by atoms with van der Waals surface area (Å²) in [4.78, 5) is 3.73. The van der Waals surface area contributed by atoms with Crippen LogP contribution in [-0.4, -0.2) is 20.7 Å². The Morgan fingerprint density at radius 3 is 2.69 bits per heavy atom. The molecule has 1 unspecified atom stereocenters. The van der Waals surface area contributed by atoms with E-state index < -0.39 is 12.0 Å². The number of anilines is 1. The molecular formula is C8H11BrF3N3S. The van der Waals surface area contributed by atoms with E-state index in [4.69, 9.17) is 0 Å². The smallest absolute Gasteiger partial charge is 0.360 e. The molecule has 1 aromatic rings. The minimum atomic E-state index is -4.46. The lowest BCUT2D eigenvalue weighted by molar-refractivity contribution is -0.144. The number of alkyl halides is 4. The summed E-state index contributed by atoms with van der Waals surface area (Å²) in [6.07, 6.45) is -2.65. The molecule has 3 nitrogen and oxygen atoms in total. The second kappa shape index (κ2) is 5.81. The monoisotopic (exact) mass is 317 g/mol. The molecule has 0 aliphatic heterocycles. The van der Waals surface area contributed by atoms with Gasteiger partial charge in [-0.2, -0.15) is 22.5 Å². The van der Waals surface area contributed by atoms with Gasteiger partial charge in [-0.05, 0) is 12.8 Å². The number of nitrogens with zero attached hydrogens (tertiary/aromatic N) is 2. The fraction of sp³-hybridized carbons (Fsp3) is 0.750. The maximum atomic E-state index is 12.2. The molecule has 0 aromatic carbocycles. The highest BCUT2D eigenvalue weighted by Gasteiger charge is 2.36. The van der Waals surface area contributed by atoms with E-state index in [1.54, 1.807) is 0 Å². The van der Waals surface area contributed by atoms with Crippen LogP contribution in [0.5, 0.6) is 0 Å². The molecule has 1 aromatic heterocycles. The summed E-state index contributed by atoms with van der Waals surface area (Å²) >= 11 is 4.16. The maximum Gasteiger partial charge on any atom is 0.452 e. The Balaban J connectivity index is 2.41. The highest BCUT2D eigenvalue weighted by molar-refractivity contribution is 9.09. The Labute approximate surface area is 104 Å². The second-order valence-corrected chi connectivity index (χ2v) is 5.19. The summed E-state index contributed by atoms with van der Waals surface area (Å²) < 4.78 is 39.7. The fourth-order valence-corrected chi connectivity index (χ4v) is 1.79. The summed E-state index contributed by atoms with van der Waals surface area (Å²) in [5, 5.41) is 3.03. The van der Waals surface area contributed by atoms with Crippen molar-refractivity contribution in [1.82, 2.24) is 9.36 Å². The number of hydrogen-bond acceptors (Lipinski definition) is 4. The minimum Gasteiger partial charge on any atom is -0.360 e. The predicted molar refractivity (Wildman–Crippen MR) is 61.0 cm³/mol. The summed E-state index contributed by atoms with van der Waals surface area (Å²) in [6.45, 7) is 2.61. The topological polar surface area (TPSA) is 37.8 Å². The van der Waals surface area contributed by atoms with Crippen molar-refractivity contribution in [3.63, 3.8) is 0 Å². The van der Waals surface area contributed by atoms with Crippen LogP contribution in [0.3, 0.4) is 0 Å². The molecule has 1 atom stereocenters. The molecule has 0 aliphatic rings. The minimum absolute atomic E-state index is 0.211. The number of hydrogen-bond donors (Lipinski definition) is 1. The third-order valence-electron chi connectivity index (χ3n) is 1.86. The van der Waals surface area contributed by atoms with Gasteiger partial charge >= 0.3 is 6.18 Å². The summed E-state index contributed by atoms with van der Waals surface area (Å²) in [5.41, 5.74) is 0. The molecule has 1 rings (SSSR count). The van der Waals surface area contributed by atoms with E-state index in [-0.39, 0.29) is 5.13 Å². The molecule has 0 fully saturated rings. The van der Waals surface area contributed by atoms with Gasteiger partial charge in [0.25, 0.3) is 0 Å². The normalized spacial score (nSPS) is 13.8. The van der Waals surface area contributed by atoms with E-state index in [0.29, 0.717) is 11.4 Å². The second-order valence-electron chi connectivity index (χ2n) is 3.14. The van der Waals surface area contributed by atoms with Crippen molar-refractivity contribution in [2.45, 2.75) is 30.8 Å². The van der Waals surface area contributed by atoms with Gasteiger partial charge in [0.1, 0.15) is 0 Å². The zero-order valence-corrected chi connectivity index (χ0v) is 10.9. The van der Waals surface area contributed by atoms with Gasteiger partial charge in [0.05, 0.1) is 0 Å². The Morgan fingerprint density at radius 1 is 1.50 bits per heavy atom. The Morgan fingerprint density at radius 2 is 2.19 bits per heavy atom. The molecule has 0 aliphatic carbocycles. The van der Waals surface area contributed by atoms with Crippen LogP contribution in [0.4, 0.5) is 18.3 Å². The van der Waals surface area contributed by atoms with Crippen molar-refractivity contribution in [2.75, 3.05) is 11.9 Å². The van der Waals surface area contributed by atoms with Gasteiger partial charge in [-0.1, -0.05) is 22.9 Å². The van der Waals surface area contributed by atoms with Gasteiger partial charge in [0.2, 0.25) is 11.0 Å². The molecule has 0 spiro atoms. The van der Waals surface area contributed by atoms with Crippen LogP contribution in [-0.2, 0) is 6.18 Å². The van der Waals surface area contributed by atoms with Crippen molar-refractivity contribution in [1.29, 1.82) is 0 Å². The average Bonchev–Trinajstić information content (AvgIpc) is 2.65. The van der Waals surface area contributed by atoms with Crippen LogP contribution in [0.1, 0.15) is 25.6 Å². The van der Waals surface area contributed by atoms with Gasteiger partial charge in [-0.15, -0.1) is 0 Å². The molecule has 0 radical (unpaired) electrons. The quantitative estimate of drug-likeness (QED) is 0.844. The number of rotatable bonds is 5. The molecule has 1 N–H and O–H groups in total. The molecule has 0 bridgehead atoms. The molecular weight excluding hydrogens is 307 g/mol. The van der Waals surface area contributed by atoms with Crippen molar-refractivity contribution in [3.8, 4) is 0 Å². The van der Waals surface area contributed by atoms with Crippen molar-refractivity contribution >= 4 is 32.6 Å². The third kappa shape index (κ3) is 4.25. The lowest BCUT2D eigenvalue weighted by atomic mass is 10.2. The predicted octanol–water partition coefficient (Wildman–Crippen LogP) is 3.53. The zero-order chi connectivity index (χ0) is 12.2. The lowest BCUT2D eigenvalue weighted by Crippen LogP contribution is -2.09. The van der Waals surface area contributed by atoms with E-state index in [2.05, 4.69) is 30.6 Å². The average molecular weight is 318 g/mol. The third-order valence-corrected chi connectivity index (χ3v) is 3.63. The van der Waals surface area contributed by atoms with Crippen LogP contribution < -0.4 is 5.32 Å². The van der Waals surface area contributed by atoms with Gasteiger partial charge < -0.3 is 5.32 Å². The van der Waals surface area contributed by atoms with Gasteiger partial charge in [0.15, 0.2) is 0 Å². The standard InChI is InChI=1S/C8H11BrF3N3S/c1-2-5(9)3-4-13-7-14-6(15-16-7)8(10,11)12/h5H,2-4H2,1H3,(H,13,14,15). The van der Waals surface area contributed by atoms with Crippen LogP contribution in [0.25, 0.3) is 0 Å². The molecule has 0 amide bonds. The Hall–Kier alpha value is -0.370. The summed E-state index contributed by atoms with van der Waals surface area (Å²) in [7, 11) is 0. The Kier molecular flexibility index (Phi) is 4.97. The van der Waals surface area contributed by atoms with E-state index in [0.717, 1.165) is 24.4 Å². The first-order valence-corrected chi connectivity index (χ1v) is 6.41. The molecule has 0 saturated heterocycles. The van der Waals surface area contributed by atoms with Gasteiger partial charge in [-0.25, -0.2) is 0 Å². The largest absolute Gasteiger partial charge is 0.452 e. The molecule has 1 heterocycles. The van der Waals surface area contributed by atoms with Crippen LogP contribution >= 0.6 is 27.5 Å². The van der Waals surface area contributed by atoms with Gasteiger partial charge in [0, 0.05) is 22.9 Å². The van der Waals surface area contributed by atoms with E-state index in [1.807, 2.05) is 6.92 Å². The molecule has 8 heteroatoms. The lowest BCUT2D eigenvalue weighted by Gasteiger charge is -2.06. The van der Waals surface area contributed by atoms with Crippen LogP contribution in [0.2, 0.25) is 0 Å². The van der Waals surface area contributed by atoms with E-state index in [1.165, 1.54) is 0 Å². The Bertz CT molecular complexity index is 329. The summed E-state index contributed by atoms with van der Waals surface area (Å²) in [5.74, 6) is -1.08. The first kappa shape index (κ1) is 13.7. The first-order chi connectivity index (χ1) is 7.43. The molecule has 16 heavy (non-hydrogen) atoms. The van der Waals surface area contributed by atoms with Crippen molar-refractivity contribution in [2.24, 2.45) is 0 Å².